The van der Waals surface area contributed by atoms with Crippen LogP contribution >= 0.6 is 8.03 Å². The second kappa shape index (κ2) is 1.83. The van der Waals surface area contributed by atoms with Crippen LogP contribution in [0, 0.1) is 0 Å². The third-order valence-corrected chi connectivity index (χ3v) is 2.40. The molecule has 3 N–H and O–H groups in total. The lowest BCUT2D eigenvalue weighted by molar-refractivity contribution is 0.496. The summed E-state index contributed by atoms with van der Waals surface area (Å²) in [5.41, 5.74) is 5.27. The number of rotatable bonds is 2. The number of hydrogen-bond donors (Lipinski definition) is 2. The Morgan fingerprint density at radius 1 is 1.75 bits per heavy atom. The molecule has 0 amide bonds. The van der Waals surface area contributed by atoms with E-state index in [0.717, 1.165) is 12.8 Å². The van der Waals surface area contributed by atoms with Crippen molar-refractivity contribution in [2.75, 3.05) is 6.16 Å². The van der Waals surface area contributed by atoms with Crippen LogP contribution in [0.5, 0.6) is 0 Å². The molecule has 0 bridgehead atoms. The van der Waals surface area contributed by atoms with Crippen LogP contribution in [0.25, 0.3) is 0 Å². The van der Waals surface area contributed by atoms with Crippen molar-refractivity contribution in [3.63, 3.8) is 0 Å². The monoisotopic (exact) mass is 135 g/mol. The zero-order valence-electron chi connectivity index (χ0n) is 4.55. The summed E-state index contributed by atoms with van der Waals surface area (Å²) < 4.78 is 10.2. The molecule has 4 heteroatoms. The molecule has 48 valence electrons. The fraction of sp³-hybridized carbons (Fsp3) is 1.00. The van der Waals surface area contributed by atoms with Crippen LogP contribution in [0.3, 0.4) is 0 Å². The van der Waals surface area contributed by atoms with Gasteiger partial charge >= 0.3 is 0 Å². The van der Waals surface area contributed by atoms with Gasteiger partial charge in [0.25, 0.3) is 0 Å². The van der Waals surface area contributed by atoms with Crippen molar-refractivity contribution in [2.24, 2.45) is 5.73 Å². The first-order valence-electron chi connectivity index (χ1n) is 2.63. The predicted molar refractivity (Wildman–Crippen MR) is 32.2 cm³/mol. The molecule has 1 rings (SSSR count). The molecule has 0 saturated heterocycles. The van der Waals surface area contributed by atoms with Crippen LogP contribution in [-0.2, 0) is 4.57 Å². The van der Waals surface area contributed by atoms with E-state index >= 15 is 0 Å². The minimum Gasteiger partial charge on any atom is -0.346 e. The average Bonchev–Trinajstić information content (AvgIpc) is 2.17. The minimum absolute atomic E-state index is 0.245. The molecule has 3 nitrogen and oxygen atoms in total. The van der Waals surface area contributed by atoms with Gasteiger partial charge in [-0.3, -0.25) is 4.57 Å². The maximum Gasteiger partial charge on any atom is 0.190 e. The summed E-state index contributed by atoms with van der Waals surface area (Å²) in [5.74, 6) is 0. The van der Waals surface area contributed by atoms with Crippen molar-refractivity contribution in [2.45, 2.75) is 18.4 Å². The number of hydrogen-bond acceptors (Lipinski definition) is 2. The summed E-state index contributed by atoms with van der Waals surface area (Å²) in [6, 6.07) is 0. The molecular weight excluding hydrogens is 125 g/mol. The van der Waals surface area contributed by atoms with Crippen LogP contribution in [0.2, 0.25) is 0 Å². The Morgan fingerprint density at radius 2 is 2.25 bits per heavy atom. The standard InChI is InChI=1S/C4H10NO2P/c5-4(1-2-4)3-8(6)7/h8H,1-3,5H2,(H,6,7). The van der Waals surface area contributed by atoms with E-state index in [0.29, 0.717) is 6.16 Å². The van der Waals surface area contributed by atoms with Gasteiger partial charge in [-0.15, -0.1) is 0 Å². The minimum atomic E-state index is -2.30. The summed E-state index contributed by atoms with van der Waals surface area (Å²) in [6.07, 6.45) is 2.16. The van der Waals surface area contributed by atoms with E-state index in [1.54, 1.807) is 0 Å². The van der Waals surface area contributed by atoms with Crippen LogP contribution in [0.4, 0.5) is 0 Å². The Hall–Kier alpha value is 0.150. The molecular formula is C4H10NO2P. The smallest absolute Gasteiger partial charge is 0.190 e. The highest BCUT2D eigenvalue weighted by molar-refractivity contribution is 7.38. The zero-order chi connectivity index (χ0) is 6.20. The molecule has 8 heavy (non-hydrogen) atoms. The Morgan fingerprint density at radius 3 is 2.38 bits per heavy atom. The lowest BCUT2D eigenvalue weighted by atomic mass is 10.4. The third kappa shape index (κ3) is 1.58. The van der Waals surface area contributed by atoms with Crippen molar-refractivity contribution < 1.29 is 9.46 Å². The molecule has 1 fully saturated rings. The first-order valence-corrected chi connectivity index (χ1v) is 4.19. The zero-order valence-corrected chi connectivity index (χ0v) is 5.55. The summed E-state index contributed by atoms with van der Waals surface area (Å²) >= 11 is 0. The topological polar surface area (TPSA) is 63.3 Å². The largest absolute Gasteiger partial charge is 0.346 e. The summed E-state index contributed by atoms with van der Waals surface area (Å²) in [6.45, 7) is 0. The van der Waals surface area contributed by atoms with Crippen molar-refractivity contribution in [1.29, 1.82) is 0 Å². The van der Waals surface area contributed by atoms with E-state index in [2.05, 4.69) is 0 Å². The Balaban J connectivity index is 2.29. The molecule has 1 atom stereocenters. The van der Waals surface area contributed by atoms with Gasteiger partial charge in [-0.25, -0.2) is 0 Å². The maximum atomic E-state index is 10.2. The van der Waals surface area contributed by atoms with Crippen LogP contribution in [-0.4, -0.2) is 16.6 Å². The SMILES string of the molecule is NC1(C[PH](=O)O)CC1. The fourth-order valence-electron chi connectivity index (χ4n) is 0.639. The van der Waals surface area contributed by atoms with Gasteiger partial charge in [0.05, 0.1) is 0 Å². The van der Waals surface area contributed by atoms with Gasteiger partial charge in [0.2, 0.25) is 0 Å². The lowest BCUT2D eigenvalue weighted by Crippen LogP contribution is -2.24. The van der Waals surface area contributed by atoms with E-state index in [1.165, 1.54) is 0 Å². The van der Waals surface area contributed by atoms with Gasteiger partial charge < -0.3 is 10.6 Å². The Bertz CT molecular complexity index is 121. The van der Waals surface area contributed by atoms with E-state index in [-0.39, 0.29) is 5.54 Å². The van der Waals surface area contributed by atoms with E-state index in [1.807, 2.05) is 0 Å². The van der Waals surface area contributed by atoms with Crippen molar-refractivity contribution in [1.82, 2.24) is 0 Å². The second-order valence-electron chi connectivity index (χ2n) is 2.43. The molecule has 0 aliphatic heterocycles. The molecule has 0 radical (unpaired) electrons. The Kier molecular flexibility index (Phi) is 1.44. The van der Waals surface area contributed by atoms with Crippen LogP contribution in [0.1, 0.15) is 12.8 Å². The fourth-order valence-corrected chi connectivity index (χ4v) is 1.59. The van der Waals surface area contributed by atoms with E-state index < -0.39 is 8.03 Å². The molecule has 0 aromatic carbocycles. The molecule has 1 unspecified atom stereocenters. The quantitative estimate of drug-likeness (QED) is 0.521. The van der Waals surface area contributed by atoms with Crippen molar-refractivity contribution in [3.05, 3.63) is 0 Å². The van der Waals surface area contributed by atoms with Gasteiger partial charge in [-0.05, 0) is 12.8 Å². The maximum absolute atomic E-state index is 10.2. The summed E-state index contributed by atoms with van der Waals surface area (Å²) in [4.78, 5) is 8.39. The van der Waals surface area contributed by atoms with Crippen molar-refractivity contribution in [3.8, 4) is 0 Å². The first-order chi connectivity index (χ1) is 3.62. The van der Waals surface area contributed by atoms with Gasteiger partial charge in [0.15, 0.2) is 8.03 Å². The normalized spacial score (nSPS) is 27.2. The molecule has 0 aromatic heterocycles. The molecule has 0 aromatic rings. The molecule has 1 aliphatic carbocycles. The lowest BCUT2D eigenvalue weighted by Gasteiger charge is -2.01. The van der Waals surface area contributed by atoms with Gasteiger partial charge in [-0.1, -0.05) is 0 Å². The summed E-state index contributed by atoms with van der Waals surface area (Å²) in [5, 5.41) is 0. The predicted octanol–water partition coefficient (Wildman–Crippen LogP) is -0.0553. The highest BCUT2D eigenvalue weighted by atomic mass is 31.1. The average molecular weight is 135 g/mol. The van der Waals surface area contributed by atoms with Gasteiger partial charge in [0.1, 0.15) is 0 Å². The summed E-state index contributed by atoms with van der Waals surface area (Å²) in [7, 11) is -2.30. The van der Waals surface area contributed by atoms with Crippen LogP contribution in [0.15, 0.2) is 0 Å². The third-order valence-electron chi connectivity index (χ3n) is 1.40. The molecule has 0 spiro atoms. The molecule has 1 aliphatic rings. The first kappa shape index (κ1) is 6.27. The van der Waals surface area contributed by atoms with Crippen molar-refractivity contribution >= 4 is 8.03 Å². The number of nitrogens with two attached hydrogens (primary N) is 1. The Labute approximate surface area is 48.8 Å². The van der Waals surface area contributed by atoms with Gasteiger partial charge in [-0.2, -0.15) is 0 Å². The van der Waals surface area contributed by atoms with E-state index in [4.69, 9.17) is 10.6 Å². The second-order valence-corrected chi connectivity index (χ2v) is 3.57. The van der Waals surface area contributed by atoms with E-state index in [9.17, 15) is 4.57 Å². The highest BCUT2D eigenvalue weighted by Crippen LogP contribution is 2.38. The molecule has 1 saturated carbocycles. The van der Waals surface area contributed by atoms with Crippen LogP contribution < -0.4 is 5.73 Å². The molecule has 0 heterocycles. The highest BCUT2D eigenvalue weighted by Gasteiger charge is 2.39. The van der Waals surface area contributed by atoms with Gasteiger partial charge in [0, 0.05) is 11.7 Å².